The Balaban J connectivity index is 1.88. The van der Waals surface area contributed by atoms with Crippen LogP contribution in [0.25, 0.3) is 0 Å². The molecule has 0 aromatic heterocycles. The van der Waals surface area contributed by atoms with E-state index in [9.17, 15) is 8.78 Å². The van der Waals surface area contributed by atoms with Crippen molar-refractivity contribution in [3.63, 3.8) is 0 Å². The van der Waals surface area contributed by atoms with Gasteiger partial charge in [-0.3, -0.25) is 0 Å². The highest BCUT2D eigenvalue weighted by molar-refractivity contribution is 5.28. The van der Waals surface area contributed by atoms with Crippen molar-refractivity contribution >= 4 is 0 Å². The van der Waals surface area contributed by atoms with Crippen LogP contribution in [-0.4, -0.2) is 6.54 Å². The summed E-state index contributed by atoms with van der Waals surface area (Å²) in [6.07, 6.45) is 1.10. The Labute approximate surface area is 123 Å². The molecule has 0 unspecified atom stereocenters. The Bertz CT molecular complexity index is 549. The third-order valence-electron chi connectivity index (χ3n) is 3.01. The quantitative estimate of drug-likeness (QED) is 0.777. The third-order valence-corrected chi connectivity index (χ3v) is 3.01. The van der Waals surface area contributed by atoms with Gasteiger partial charge in [-0.25, -0.2) is 8.78 Å². The maximum atomic E-state index is 13.1. The first-order chi connectivity index (χ1) is 10.2. The minimum Gasteiger partial charge on any atom is -0.489 e. The average Bonchev–Trinajstić information content (AvgIpc) is 2.46. The fourth-order valence-electron chi connectivity index (χ4n) is 1.97. The molecule has 0 spiro atoms. The van der Waals surface area contributed by atoms with Gasteiger partial charge < -0.3 is 10.1 Å². The van der Waals surface area contributed by atoms with Gasteiger partial charge in [-0.1, -0.05) is 19.1 Å². The minimum atomic E-state index is -0.592. The molecule has 0 saturated carbocycles. The van der Waals surface area contributed by atoms with E-state index in [1.165, 1.54) is 17.7 Å². The molecule has 0 bridgehead atoms. The largest absolute Gasteiger partial charge is 0.489 e. The van der Waals surface area contributed by atoms with Crippen LogP contribution in [0.1, 0.15) is 24.5 Å². The molecule has 0 aliphatic carbocycles. The second-order valence-corrected chi connectivity index (χ2v) is 4.89. The topological polar surface area (TPSA) is 21.3 Å². The van der Waals surface area contributed by atoms with Crippen LogP contribution >= 0.6 is 0 Å². The summed E-state index contributed by atoms with van der Waals surface area (Å²) < 4.78 is 31.6. The lowest BCUT2D eigenvalue weighted by Crippen LogP contribution is -2.13. The van der Waals surface area contributed by atoms with Gasteiger partial charge >= 0.3 is 0 Å². The zero-order valence-electron chi connectivity index (χ0n) is 12.0. The lowest BCUT2D eigenvalue weighted by atomic mass is 10.2. The summed E-state index contributed by atoms with van der Waals surface area (Å²) in [4.78, 5) is 0. The number of halogens is 2. The van der Waals surface area contributed by atoms with E-state index in [1.807, 2.05) is 24.3 Å². The van der Waals surface area contributed by atoms with E-state index in [-0.39, 0.29) is 6.61 Å². The van der Waals surface area contributed by atoms with E-state index in [2.05, 4.69) is 12.2 Å². The van der Waals surface area contributed by atoms with E-state index in [0.29, 0.717) is 11.3 Å². The van der Waals surface area contributed by atoms with Crippen LogP contribution < -0.4 is 10.1 Å². The molecular formula is C17H19F2NO. The molecule has 0 atom stereocenters. The summed E-state index contributed by atoms with van der Waals surface area (Å²) in [6.45, 7) is 4.08. The Morgan fingerprint density at radius 3 is 2.24 bits per heavy atom. The van der Waals surface area contributed by atoms with Gasteiger partial charge in [-0.15, -0.1) is 0 Å². The fraction of sp³-hybridized carbons (Fsp3) is 0.294. The van der Waals surface area contributed by atoms with Crippen LogP contribution in [0, 0.1) is 11.6 Å². The number of nitrogens with one attached hydrogen (secondary N) is 1. The summed E-state index contributed by atoms with van der Waals surface area (Å²) in [5.74, 6) is -0.504. The second-order valence-electron chi connectivity index (χ2n) is 4.89. The first-order valence-electron chi connectivity index (χ1n) is 7.05. The van der Waals surface area contributed by atoms with E-state index in [0.717, 1.165) is 25.6 Å². The first-order valence-corrected chi connectivity index (χ1v) is 7.05. The van der Waals surface area contributed by atoms with Crippen LogP contribution in [0.15, 0.2) is 42.5 Å². The number of hydrogen-bond donors (Lipinski definition) is 1. The molecule has 0 fully saturated rings. The van der Waals surface area contributed by atoms with Gasteiger partial charge in [0.1, 0.15) is 24.0 Å². The van der Waals surface area contributed by atoms with Crippen LogP contribution in [-0.2, 0) is 13.2 Å². The molecular weight excluding hydrogens is 272 g/mol. The van der Waals surface area contributed by atoms with Crippen molar-refractivity contribution in [3.05, 3.63) is 65.2 Å². The molecule has 112 valence electrons. The minimum absolute atomic E-state index is 0.141. The SMILES string of the molecule is CCCNCc1ccc(OCc2cc(F)cc(F)c2)cc1. The van der Waals surface area contributed by atoms with Gasteiger partial charge in [0, 0.05) is 12.6 Å². The normalized spacial score (nSPS) is 10.6. The van der Waals surface area contributed by atoms with Crippen molar-refractivity contribution in [2.24, 2.45) is 0 Å². The number of ether oxygens (including phenoxy) is 1. The van der Waals surface area contributed by atoms with Crippen LogP contribution in [0.5, 0.6) is 5.75 Å². The molecule has 2 aromatic rings. The van der Waals surface area contributed by atoms with E-state index < -0.39 is 11.6 Å². The van der Waals surface area contributed by atoms with Gasteiger partial charge in [0.25, 0.3) is 0 Å². The predicted molar refractivity (Wildman–Crippen MR) is 79.1 cm³/mol. The molecule has 2 aromatic carbocycles. The molecule has 2 nitrogen and oxygen atoms in total. The third kappa shape index (κ3) is 5.16. The highest BCUT2D eigenvalue weighted by Crippen LogP contribution is 2.15. The Kier molecular flexibility index (Phi) is 5.69. The number of hydrogen-bond acceptors (Lipinski definition) is 2. The summed E-state index contributed by atoms with van der Waals surface area (Å²) in [6, 6.07) is 11.1. The van der Waals surface area contributed by atoms with Crippen molar-refractivity contribution in [2.45, 2.75) is 26.5 Å². The summed E-state index contributed by atoms with van der Waals surface area (Å²) in [5.41, 5.74) is 1.65. The molecule has 1 N–H and O–H groups in total. The average molecular weight is 291 g/mol. The summed E-state index contributed by atoms with van der Waals surface area (Å²) in [7, 11) is 0. The zero-order valence-corrected chi connectivity index (χ0v) is 12.0. The summed E-state index contributed by atoms with van der Waals surface area (Å²) in [5, 5.41) is 3.32. The fourth-order valence-corrected chi connectivity index (χ4v) is 1.97. The van der Waals surface area contributed by atoms with Crippen molar-refractivity contribution in [1.29, 1.82) is 0 Å². The van der Waals surface area contributed by atoms with Crippen LogP contribution in [0.4, 0.5) is 8.78 Å². The lowest BCUT2D eigenvalue weighted by Gasteiger charge is -2.08. The van der Waals surface area contributed by atoms with Gasteiger partial charge in [-0.05, 0) is 48.4 Å². The molecule has 2 rings (SSSR count). The van der Waals surface area contributed by atoms with E-state index in [4.69, 9.17) is 4.74 Å². The standard InChI is InChI=1S/C17H19F2NO/c1-2-7-20-11-13-3-5-17(6-4-13)21-12-14-8-15(18)10-16(19)9-14/h3-6,8-10,20H,2,7,11-12H2,1H3. The molecule has 0 amide bonds. The highest BCUT2D eigenvalue weighted by atomic mass is 19.1. The number of rotatable bonds is 7. The highest BCUT2D eigenvalue weighted by Gasteiger charge is 2.02. The van der Waals surface area contributed by atoms with Crippen molar-refractivity contribution in [3.8, 4) is 5.75 Å². The van der Waals surface area contributed by atoms with Gasteiger partial charge in [0.2, 0.25) is 0 Å². The second kappa shape index (κ2) is 7.74. The Hall–Kier alpha value is -1.94. The molecule has 0 radical (unpaired) electrons. The maximum Gasteiger partial charge on any atom is 0.126 e. The molecule has 0 aliphatic heterocycles. The maximum absolute atomic E-state index is 13.1. The van der Waals surface area contributed by atoms with Crippen molar-refractivity contribution in [1.82, 2.24) is 5.32 Å². The van der Waals surface area contributed by atoms with Gasteiger partial charge in [0.15, 0.2) is 0 Å². The first kappa shape index (κ1) is 15.4. The molecule has 21 heavy (non-hydrogen) atoms. The predicted octanol–water partition coefficient (Wildman–Crippen LogP) is 4.04. The Morgan fingerprint density at radius 2 is 1.62 bits per heavy atom. The van der Waals surface area contributed by atoms with Crippen molar-refractivity contribution < 1.29 is 13.5 Å². The van der Waals surface area contributed by atoms with E-state index >= 15 is 0 Å². The van der Waals surface area contributed by atoms with E-state index in [1.54, 1.807) is 0 Å². The zero-order chi connectivity index (χ0) is 15.1. The van der Waals surface area contributed by atoms with Gasteiger partial charge in [-0.2, -0.15) is 0 Å². The summed E-state index contributed by atoms with van der Waals surface area (Å²) >= 11 is 0. The van der Waals surface area contributed by atoms with Crippen LogP contribution in [0.3, 0.4) is 0 Å². The Morgan fingerprint density at radius 1 is 0.952 bits per heavy atom. The van der Waals surface area contributed by atoms with Gasteiger partial charge in [0.05, 0.1) is 0 Å². The molecule has 0 saturated heterocycles. The molecule has 4 heteroatoms. The molecule has 0 heterocycles. The monoisotopic (exact) mass is 291 g/mol. The van der Waals surface area contributed by atoms with Crippen molar-refractivity contribution in [2.75, 3.05) is 6.54 Å². The smallest absolute Gasteiger partial charge is 0.126 e. The number of benzene rings is 2. The van der Waals surface area contributed by atoms with Crippen LogP contribution in [0.2, 0.25) is 0 Å². The molecule has 0 aliphatic rings. The lowest BCUT2D eigenvalue weighted by molar-refractivity contribution is 0.304.